The van der Waals surface area contributed by atoms with E-state index in [1.807, 2.05) is 18.7 Å². The molecule has 1 N–H and O–H groups in total. The van der Waals surface area contributed by atoms with Gasteiger partial charge in [0.15, 0.2) is 17.4 Å². The largest absolute Gasteiger partial charge is 0.507 e. The number of aromatic nitrogens is 3. The Bertz CT molecular complexity index is 1890. The first-order valence-corrected chi connectivity index (χ1v) is 14.6. The van der Waals surface area contributed by atoms with Gasteiger partial charge in [-0.25, -0.2) is 13.6 Å². The lowest BCUT2D eigenvalue weighted by molar-refractivity contribution is -0.126. The highest BCUT2D eigenvalue weighted by Crippen LogP contribution is 2.48. The summed E-state index contributed by atoms with van der Waals surface area (Å²) in [5.74, 6) is -3.33. The topological polar surface area (TPSA) is 101 Å². The van der Waals surface area contributed by atoms with E-state index in [-0.39, 0.29) is 70.6 Å². The fourth-order valence-electron chi connectivity index (χ4n) is 6.19. The summed E-state index contributed by atoms with van der Waals surface area (Å²) in [7, 11) is 0. The van der Waals surface area contributed by atoms with Crippen molar-refractivity contribution >= 4 is 34.2 Å². The lowest BCUT2D eigenvalue weighted by Gasteiger charge is -2.43. The van der Waals surface area contributed by atoms with Gasteiger partial charge in [0.1, 0.15) is 17.1 Å². The molecule has 6 rings (SSSR count). The van der Waals surface area contributed by atoms with Gasteiger partial charge in [0.25, 0.3) is 0 Å². The molecule has 1 fully saturated rings. The standard InChI is InChI=1S/C32H30ClF2N5O4/c1-5-21(42)38-12-13-39-18(15-38)10-14-44-30-24-29(25(34)23(26(30)35)22-19(33)7-6-8-20(22)41)40(32(43)37-31(24)39)28-17(4)9-11-36-27(28)16(2)3/h5-9,11,16,18,41H,1,10,12-15H2,2-4H3. The van der Waals surface area contributed by atoms with E-state index in [1.54, 1.807) is 24.1 Å². The molecule has 4 aromatic rings. The van der Waals surface area contributed by atoms with Gasteiger partial charge in [-0.3, -0.25) is 14.3 Å². The van der Waals surface area contributed by atoms with Gasteiger partial charge in [-0.05, 0) is 42.7 Å². The van der Waals surface area contributed by atoms with E-state index in [9.17, 15) is 14.7 Å². The molecule has 1 saturated heterocycles. The lowest BCUT2D eigenvalue weighted by Crippen LogP contribution is -2.56. The molecule has 1 amide bonds. The van der Waals surface area contributed by atoms with Gasteiger partial charge in [-0.15, -0.1) is 0 Å². The molecule has 0 aliphatic carbocycles. The number of pyridine rings is 1. The van der Waals surface area contributed by atoms with Crippen LogP contribution in [0.5, 0.6) is 11.5 Å². The molecule has 2 aromatic carbocycles. The number of halogens is 3. The molecule has 0 bridgehead atoms. The third-order valence-electron chi connectivity index (χ3n) is 8.26. The second kappa shape index (κ2) is 11.2. The third kappa shape index (κ3) is 4.57. The van der Waals surface area contributed by atoms with Crippen molar-refractivity contribution in [2.45, 2.75) is 39.2 Å². The van der Waals surface area contributed by atoms with Gasteiger partial charge in [-0.1, -0.05) is 38.1 Å². The van der Waals surface area contributed by atoms with Gasteiger partial charge in [0.2, 0.25) is 5.91 Å². The SMILES string of the molecule is C=CC(=O)N1CCN2c3nc(=O)n(-c4c(C)ccnc4C(C)C)c4c(F)c(-c5c(O)cccc5Cl)c(F)c(c34)OCCC2C1. The monoisotopic (exact) mass is 621 g/mol. The highest BCUT2D eigenvalue weighted by molar-refractivity contribution is 6.33. The molecular weight excluding hydrogens is 592 g/mol. The molecule has 0 radical (unpaired) electrons. The molecular formula is C32H30ClF2N5O4. The third-order valence-corrected chi connectivity index (χ3v) is 8.57. The minimum atomic E-state index is -1.12. The van der Waals surface area contributed by atoms with Crippen LogP contribution in [0.3, 0.4) is 0 Å². The van der Waals surface area contributed by atoms with Crippen molar-refractivity contribution in [1.82, 2.24) is 19.4 Å². The summed E-state index contributed by atoms with van der Waals surface area (Å²) >= 11 is 6.41. The molecule has 44 heavy (non-hydrogen) atoms. The molecule has 228 valence electrons. The Morgan fingerprint density at radius 3 is 2.68 bits per heavy atom. The Hall–Kier alpha value is -4.51. The summed E-state index contributed by atoms with van der Waals surface area (Å²) in [4.78, 5) is 38.9. The minimum Gasteiger partial charge on any atom is -0.507 e. The molecule has 0 saturated carbocycles. The van der Waals surface area contributed by atoms with Crippen molar-refractivity contribution in [2.24, 2.45) is 0 Å². The van der Waals surface area contributed by atoms with E-state index in [4.69, 9.17) is 16.3 Å². The van der Waals surface area contributed by atoms with Crippen LogP contribution < -0.4 is 15.3 Å². The molecule has 12 heteroatoms. The predicted octanol–water partition coefficient (Wildman–Crippen LogP) is 5.50. The molecule has 4 heterocycles. The highest BCUT2D eigenvalue weighted by atomic mass is 35.5. The molecule has 2 aliphatic heterocycles. The van der Waals surface area contributed by atoms with E-state index in [0.717, 1.165) is 4.57 Å². The second-order valence-corrected chi connectivity index (χ2v) is 11.6. The number of anilines is 1. The number of carbonyl (C=O) groups is 1. The van der Waals surface area contributed by atoms with E-state index in [0.29, 0.717) is 29.9 Å². The second-order valence-electron chi connectivity index (χ2n) is 11.2. The Morgan fingerprint density at radius 1 is 1.20 bits per heavy atom. The van der Waals surface area contributed by atoms with E-state index >= 15 is 8.78 Å². The van der Waals surface area contributed by atoms with E-state index < -0.39 is 28.6 Å². The maximum absolute atomic E-state index is 17.2. The summed E-state index contributed by atoms with van der Waals surface area (Å²) in [6.45, 7) is 9.98. The van der Waals surface area contributed by atoms with Crippen LogP contribution in [0, 0.1) is 18.6 Å². The lowest BCUT2D eigenvalue weighted by atomic mass is 9.97. The van der Waals surface area contributed by atoms with Crippen molar-refractivity contribution in [3.8, 4) is 28.3 Å². The highest BCUT2D eigenvalue weighted by Gasteiger charge is 2.38. The number of piperazine rings is 1. The maximum Gasteiger partial charge on any atom is 0.354 e. The molecule has 1 unspecified atom stereocenters. The zero-order valence-corrected chi connectivity index (χ0v) is 25.2. The number of carbonyl (C=O) groups excluding carboxylic acids is 1. The number of hydrogen-bond donors (Lipinski definition) is 1. The van der Waals surface area contributed by atoms with Gasteiger partial charge in [0.05, 0.1) is 40.0 Å². The average Bonchev–Trinajstić information content (AvgIpc) is 2.98. The van der Waals surface area contributed by atoms with Gasteiger partial charge >= 0.3 is 5.69 Å². The molecule has 9 nitrogen and oxygen atoms in total. The van der Waals surface area contributed by atoms with Crippen LogP contribution in [-0.4, -0.2) is 62.7 Å². The number of amides is 1. The quantitative estimate of drug-likeness (QED) is 0.300. The van der Waals surface area contributed by atoms with Crippen LogP contribution in [0.15, 0.2) is 47.9 Å². The number of aryl methyl sites for hydroxylation is 1. The van der Waals surface area contributed by atoms with Crippen molar-refractivity contribution in [2.75, 3.05) is 31.1 Å². The Kier molecular flexibility index (Phi) is 7.53. The Labute approximate surface area is 257 Å². The number of fused-ring (bicyclic) bond motifs is 2. The summed E-state index contributed by atoms with van der Waals surface area (Å²) < 4.78 is 41.0. The van der Waals surface area contributed by atoms with Gasteiger partial charge in [-0.2, -0.15) is 4.98 Å². The number of phenolic OH excluding ortho intramolecular Hbond substituents is 1. The van der Waals surface area contributed by atoms with Crippen LogP contribution in [0.4, 0.5) is 14.6 Å². The smallest absolute Gasteiger partial charge is 0.354 e. The zero-order chi connectivity index (χ0) is 31.4. The Balaban J connectivity index is 1.77. The van der Waals surface area contributed by atoms with Crippen LogP contribution in [0.2, 0.25) is 5.02 Å². The molecule has 2 aromatic heterocycles. The predicted molar refractivity (Wildman–Crippen MR) is 164 cm³/mol. The van der Waals surface area contributed by atoms with Crippen molar-refractivity contribution in [3.05, 3.63) is 81.5 Å². The number of benzene rings is 2. The number of nitrogens with zero attached hydrogens (tertiary/aromatic N) is 5. The van der Waals surface area contributed by atoms with Gasteiger partial charge < -0.3 is 19.6 Å². The van der Waals surface area contributed by atoms with E-state index in [1.165, 1.54) is 24.3 Å². The first-order chi connectivity index (χ1) is 21.0. The van der Waals surface area contributed by atoms with Crippen LogP contribution >= 0.6 is 11.6 Å². The zero-order valence-electron chi connectivity index (χ0n) is 24.4. The molecule has 0 spiro atoms. The summed E-state index contributed by atoms with van der Waals surface area (Å²) in [5, 5.41) is 10.6. The number of ether oxygens (including phenoxy) is 1. The fraction of sp³-hybridized carbons (Fsp3) is 0.312. The molecule has 1 atom stereocenters. The van der Waals surface area contributed by atoms with Crippen molar-refractivity contribution < 1.29 is 23.4 Å². The van der Waals surface area contributed by atoms with Crippen LogP contribution in [0.1, 0.15) is 37.4 Å². The number of aromatic hydroxyl groups is 1. The summed E-state index contributed by atoms with van der Waals surface area (Å²) in [6.07, 6.45) is 3.20. The minimum absolute atomic E-state index is 0.0185. The van der Waals surface area contributed by atoms with Crippen molar-refractivity contribution in [1.29, 1.82) is 0 Å². The summed E-state index contributed by atoms with van der Waals surface area (Å²) in [6, 6.07) is 5.48. The van der Waals surface area contributed by atoms with Gasteiger partial charge in [0, 0.05) is 37.8 Å². The normalized spacial score (nSPS) is 16.4. The fourth-order valence-corrected chi connectivity index (χ4v) is 6.45. The van der Waals surface area contributed by atoms with Crippen LogP contribution in [0.25, 0.3) is 27.7 Å². The van der Waals surface area contributed by atoms with E-state index in [2.05, 4.69) is 16.5 Å². The average molecular weight is 622 g/mol. The number of phenols is 1. The molecule has 2 aliphatic rings. The summed E-state index contributed by atoms with van der Waals surface area (Å²) in [5.41, 5.74) is -0.542. The first kappa shape index (κ1) is 29.6. The van der Waals surface area contributed by atoms with Crippen molar-refractivity contribution in [3.63, 3.8) is 0 Å². The first-order valence-electron chi connectivity index (χ1n) is 14.3. The number of rotatable bonds is 4. The maximum atomic E-state index is 17.2. The Morgan fingerprint density at radius 2 is 1.98 bits per heavy atom. The number of hydrogen-bond acceptors (Lipinski definition) is 7. The van der Waals surface area contributed by atoms with Crippen LogP contribution in [-0.2, 0) is 4.79 Å².